The molecule has 0 atom stereocenters. The van der Waals surface area contributed by atoms with Crippen LogP contribution in [0.5, 0.6) is 0 Å². The fraction of sp³-hybridized carbons (Fsp3) is 0.519. The van der Waals surface area contributed by atoms with E-state index in [1.165, 1.54) is 42.6 Å². The maximum atomic E-state index is 13.5. The summed E-state index contributed by atoms with van der Waals surface area (Å²) in [5.74, 6) is 0.660. The summed E-state index contributed by atoms with van der Waals surface area (Å²) in [7, 11) is -3.74. The minimum absolute atomic E-state index is 0.140. The van der Waals surface area contributed by atoms with Gasteiger partial charge in [-0.3, -0.25) is 9.10 Å². The van der Waals surface area contributed by atoms with Gasteiger partial charge in [0.1, 0.15) is 0 Å². The number of para-hydroxylation sites is 1. The second kappa shape index (κ2) is 10.1. The van der Waals surface area contributed by atoms with Gasteiger partial charge in [0.25, 0.3) is 15.9 Å². The second-order valence-corrected chi connectivity index (χ2v) is 11.9. The minimum atomic E-state index is -3.74. The van der Waals surface area contributed by atoms with Crippen molar-refractivity contribution in [2.24, 2.45) is 5.92 Å². The highest BCUT2D eigenvalue weighted by Crippen LogP contribution is 2.32. The molecule has 7 heteroatoms. The van der Waals surface area contributed by atoms with Crippen LogP contribution in [0.3, 0.4) is 0 Å². The third kappa shape index (κ3) is 5.01. The van der Waals surface area contributed by atoms with Crippen LogP contribution in [0.1, 0.15) is 60.9 Å². The fourth-order valence-electron chi connectivity index (χ4n) is 5.76. The van der Waals surface area contributed by atoms with Crippen molar-refractivity contribution in [1.82, 2.24) is 10.2 Å². The van der Waals surface area contributed by atoms with Gasteiger partial charge in [-0.1, -0.05) is 37.1 Å². The number of amides is 1. The summed E-state index contributed by atoms with van der Waals surface area (Å²) in [5.41, 5.74) is 2.19. The van der Waals surface area contributed by atoms with Crippen LogP contribution in [0, 0.1) is 5.92 Å². The number of hydrogen-bond acceptors (Lipinski definition) is 4. The zero-order valence-corrected chi connectivity index (χ0v) is 20.6. The Labute approximate surface area is 203 Å². The van der Waals surface area contributed by atoms with Crippen LogP contribution in [0.4, 0.5) is 5.69 Å². The van der Waals surface area contributed by atoms with Crippen LogP contribution in [0.25, 0.3) is 0 Å². The first-order valence-electron chi connectivity index (χ1n) is 12.7. The zero-order chi connectivity index (χ0) is 23.5. The lowest BCUT2D eigenvalue weighted by Crippen LogP contribution is -2.45. The smallest absolute Gasteiger partial charge is 0.264 e. The molecule has 2 aromatic carbocycles. The van der Waals surface area contributed by atoms with Gasteiger partial charge in [-0.15, -0.1) is 0 Å². The van der Waals surface area contributed by atoms with E-state index in [-0.39, 0.29) is 16.8 Å². The molecule has 34 heavy (non-hydrogen) atoms. The van der Waals surface area contributed by atoms with Gasteiger partial charge < -0.3 is 10.2 Å². The fourth-order valence-corrected chi connectivity index (χ4v) is 7.35. The van der Waals surface area contributed by atoms with Gasteiger partial charge in [0, 0.05) is 37.8 Å². The largest absolute Gasteiger partial charge is 0.349 e. The van der Waals surface area contributed by atoms with Crippen LogP contribution in [-0.4, -0.2) is 51.4 Å². The van der Waals surface area contributed by atoms with E-state index in [1.807, 2.05) is 24.3 Å². The van der Waals surface area contributed by atoms with Crippen LogP contribution in [0.2, 0.25) is 0 Å². The van der Waals surface area contributed by atoms with Gasteiger partial charge in [0.05, 0.1) is 10.6 Å². The molecular formula is C27H35N3O3S. The van der Waals surface area contributed by atoms with Gasteiger partial charge in [-0.05, 0) is 74.3 Å². The summed E-state index contributed by atoms with van der Waals surface area (Å²) in [6.07, 6.45) is 9.02. The highest BCUT2D eigenvalue weighted by molar-refractivity contribution is 7.92. The summed E-state index contributed by atoms with van der Waals surface area (Å²) in [5, 5.41) is 3.15. The van der Waals surface area contributed by atoms with Crippen LogP contribution >= 0.6 is 0 Å². The maximum Gasteiger partial charge on any atom is 0.264 e. The number of piperidine rings is 1. The Hall–Kier alpha value is -2.38. The predicted octanol–water partition coefficient (Wildman–Crippen LogP) is 4.21. The van der Waals surface area contributed by atoms with E-state index in [1.54, 1.807) is 18.2 Å². The highest BCUT2D eigenvalue weighted by atomic mass is 32.2. The summed E-state index contributed by atoms with van der Waals surface area (Å²) in [6, 6.07) is 14.3. The van der Waals surface area contributed by atoms with Gasteiger partial charge in [0.2, 0.25) is 0 Å². The lowest BCUT2D eigenvalue weighted by Gasteiger charge is -2.34. The molecule has 2 fully saturated rings. The average Bonchev–Trinajstić information content (AvgIpc) is 3.38. The Morgan fingerprint density at radius 3 is 2.47 bits per heavy atom. The number of fused-ring (bicyclic) bond motifs is 1. The molecule has 1 aliphatic carbocycles. The minimum Gasteiger partial charge on any atom is -0.349 e. The van der Waals surface area contributed by atoms with Crippen molar-refractivity contribution in [3.63, 3.8) is 0 Å². The molecule has 0 unspecified atom stereocenters. The first-order chi connectivity index (χ1) is 16.5. The van der Waals surface area contributed by atoms with Gasteiger partial charge in [-0.25, -0.2) is 8.42 Å². The molecule has 1 saturated carbocycles. The molecule has 0 spiro atoms. The third-order valence-electron chi connectivity index (χ3n) is 7.67. The van der Waals surface area contributed by atoms with Crippen LogP contribution < -0.4 is 9.62 Å². The topological polar surface area (TPSA) is 69.7 Å². The van der Waals surface area contributed by atoms with Crippen molar-refractivity contribution in [2.75, 3.05) is 30.5 Å². The number of sulfonamides is 1. The molecule has 5 rings (SSSR count). The predicted molar refractivity (Wildman–Crippen MR) is 135 cm³/mol. The number of nitrogens with zero attached hydrogens (tertiary/aromatic N) is 2. The van der Waals surface area contributed by atoms with Crippen LogP contribution in [-0.2, 0) is 16.4 Å². The molecule has 0 radical (unpaired) electrons. The first kappa shape index (κ1) is 23.4. The van der Waals surface area contributed by atoms with Crippen molar-refractivity contribution in [3.05, 3.63) is 59.7 Å². The standard InChI is InChI=1S/C27H35N3O3S/c31-27(28-24-14-17-29(18-15-24)20-21-7-1-2-8-21)23-10-5-12-25(19-23)34(32,33)30-16-6-11-22-9-3-4-13-26(22)30/h3-5,9-10,12-13,19,21,24H,1-2,6-8,11,14-18,20H2,(H,28,31). The van der Waals surface area contributed by atoms with Gasteiger partial charge in [-0.2, -0.15) is 0 Å². The Balaban J connectivity index is 1.23. The second-order valence-electron chi connectivity index (χ2n) is 10.0. The summed E-state index contributed by atoms with van der Waals surface area (Å²) in [4.78, 5) is 15.7. The molecule has 1 amide bonds. The van der Waals surface area contributed by atoms with E-state index in [2.05, 4.69) is 10.2 Å². The van der Waals surface area contributed by atoms with Crippen molar-refractivity contribution < 1.29 is 13.2 Å². The number of benzene rings is 2. The van der Waals surface area contributed by atoms with E-state index in [0.29, 0.717) is 12.1 Å². The maximum absolute atomic E-state index is 13.5. The molecule has 3 aliphatic rings. The quantitative estimate of drug-likeness (QED) is 0.671. The number of hydrogen-bond donors (Lipinski definition) is 1. The van der Waals surface area contributed by atoms with Crippen molar-refractivity contribution >= 4 is 21.6 Å². The van der Waals surface area contributed by atoms with Crippen LogP contribution in [0.15, 0.2) is 53.4 Å². The van der Waals surface area contributed by atoms with E-state index < -0.39 is 10.0 Å². The molecule has 0 aromatic heterocycles. The van der Waals surface area contributed by atoms with Crippen molar-refractivity contribution in [3.8, 4) is 0 Å². The molecular weight excluding hydrogens is 446 g/mol. The van der Waals surface area contributed by atoms with Gasteiger partial charge >= 0.3 is 0 Å². The van der Waals surface area contributed by atoms with E-state index in [4.69, 9.17) is 0 Å². The Morgan fingerprint density at radius 2 is 1.68 bits per heavy atom. The lowest BCUT2D eigenvalue weighted by atomic mass is 10.0. The number of likely N-dealkylation sites (tertiary alicyclic amines) is 1. The Kier molecular flexibility index (Phi) is 6.93. The average molecular weight is 482 g/mol. The number of nitrogens with one attached hydrogen (secondary N) is 1. The zero-order valence-electron chi connectivity index (χ0n) is 19.8. The number of rotatable bonds is 6. The first-order valence-corrected chi connectivity index (χ1v) is 14.2. The summed E-state index contributed by atoms with van der Waals surface area (Å²) >= 11 is 0. The number of carbonyl (C=O) groups excluding carboxylic acids is 1. The molecule has 0 bridgehead atoms. The van der Waals surface area contributed by atoms with E-state index in [0.717, 1.165) is 55.9 Å². The van der Waals surface area contributed by atoms with Crippen molar-refractivity contribution in [1.29, 1.82) is 0 Å². The molecule has 2 aliphatic heterocycles. The molecule has 2 heterocycles. The number of aryl methyl sites for hydroxylation is 1. The SMILES string of the molecule is O=C(NC1CCN(CC2CCCC2)CC1)c1cccc(S(=O)(=O)N2CCCc3ccccc32)c1. The number of carbonyl (C=O) groups is 1. The highest BCUT2D eigenvalue weighted by Gasteiger charge is 2.30. The molecule has 1 saturated heterocycles. The normalized spacial score (nSPS) is 20.3. The third-order valence-corrected chi connectivity index (χ3v) is 9.47. The molecule has 1 N–H and O–H groups in total. The van der Waals surface area contributed by atoms with E-state index in [9.17, 15) is 13.2 Å². The molecule has 182 valence electrons. The number of anilines is 1. The lowest BCUT2D eigenvalue weighted by molar-refractivity contribution is 0.0905. The Morgan fingerprint density at radius 1 is 0.912 bits per heavy atom. The van der Waals surface area contributed by atoms with E-state index >= 15 is 0 Å². The monoisotopic (exact) mass is 481 g/mol. The Bertz CT molecular complexity index is 1120. The van der Waals surface area contributed by atoms with Crippen molar-refractivity contribution in [2.45, 2.75) is 62.3 Å². The molecule has 6 nitrogen and oxygen atoms in total. The van der Waals surface area contributed by atoms with Gasteiger partial charge in [0.15, 0.2) is 0 Å². The summed E-state index contributed by atoms with van der Waals surface area (Å²) in [6.45, 7) is 3.68. The molecule has 2 aromatic rings. The summed E-state index contributed by atoms with van der Waals surface area (Å²) < 4.78 is 28.5.